The van der Waals surface area contributed by atoms with Crippen LogP contribution in [-0.4, -0.2) is 25.5 Å². The number of aliphatic carboxylic acids is 1. The van der Waals surface area contributed by atoms with Gasteiger partial charge in [0, 0.05) is 0 Å². The van der Waals surface area contributed by atoms with Gasteiger partial charge in [0.1, 0.15) is 10.3 Å². The molecule has 1 heterocycles. The average Bonchev–Trinajstić information content (AvgIpc) is 2.61. The molecule has 0 unspecified atom stereocenters. The lowest BCUT2D eigenvalue weighted by atomic mass is 10.1. The molecule has 0 aliphatic carbocycles. The number of carbonyl (C=O) groups is 1. The fraction of sp³-hybridized carbons (Fsp3) is 0.444. The van der Waals surface area contributed by atoms with Crippen LogP contribution in [0.5, 0.6) is 0 Å². The minimum absolute atomic E-state index is 0.0938. The van der Waals surface area contributed by atoms with Crippen molar-refractivity contribution in [2.75, 3.05) is 0 Å². The van der Waals surface area contributed by atoms with Crippen molar-refractivity contribution in [1.82, 2.24) is 4.72 Å². The molecule has 0 bridgehead atoms. The summed E-state index contributed by atoms with van der Waals surface area (Å²) in [7, 11) is -3.77. The molecule has 0 aliphatic heterocycles. The highest BCUT2D eigenvalue weighted by Gasteiger charge is 2.28. The Morgan fingerprint density at radius 1 is 1.47 bits per heavy atom. The molecule has 0 saturated carbocycles. The van der Waals surface area contributed by atoms with Crippen LogP contribution in [0, 0.1) is 5.92 Å². The number of carboxylic acids is 1. The molecule has 96 valence electrons. The molecule has 17 heavy (non-hydrogen) atoms. The van der Waals surface area contributed by atoms with E-state index in [-0.39, 0.29) is 10.1 Å². The number of sulfonamides is 1. The van der Waals surface area contributed by atoms with Crippen molar-refractivity contribution < 1.29 is 18.3 Å². The smallest absolute Gasteiger partial charge is 0.322 e. The van der Waals surface area contributed by atoms with Crippen LogP contribution in [0.3, 0.4) is 0 Å². The quantitative estimate of drug-likeness (QED) is 0.856. The second kappa shape index (κ2) is 5.47. The second-order valence-electron chi connectivity index (χ2n) is 3.74. The Bertz CT molecular complexity index is 509. The summed E-state index contributed by atoms with van der Waals surface area (Å²) in [6.45, 7) is 3.29. The van der Waals surface area contributed by atoms with Crippen molar-refractivity contribution >= 4 is 43.3 Å². The Morgan fingerprint density at radius 2 is 2.06 bits per heavy atom. The molecule has 0 saturated heterocycles. The predicted molar refractivity (Wildman–Crippen MR) is 68.6 cm³/mol. The Labute approximate surface area is 112 Å². The van der Waals surface area contributed by atoms with Crippen molar-refractivity contribution in [1.29, 1.82) is 0 Å². The number of thiophene rings is 1. The normalized spacial score (nSPS) is 13.9. The zero-order valence-corrected chi connectivity index (χ0v) is 12.4. The standard InChI is InChI=1S/C9H12BrNO4S2/c1-5(2)8(9(12)13)11-17(14,15)7-4-3-6(10)16-7/h3-5,8,11H,1-2H3,(H,12,13)/t8-/m1/s1. The van der Waals surface area contributed by atoms with Gasteiger partial charge in [-0.1, -0.05) is 13.8 Å². The highest BCUT2D eigenvalue weighted by molar-refractivity contribution is 9.11. The Balaban J connectivity index is 2.97. The molecule has 0 radical (unpaired) electrons. The lowest BCUT2D eigenvalue weighted by molar-refractivity contribution is -0.140. The summed E-state index contributed by atoms with van der Waals surface area (Å²) < 4.78 is 26.7. The molecule has 1 aromatic heterocycles. The first kappa shape index (κ1) is 14.6. The molecule has 5 nitrogen and oxygen atoms in total. The van der Waals surface area contributed by atoms with E-state index in [1.807, 2.05) is 0 Å². The summed E-state index contributed by atoms with van der Waals surface area (Å²) in [4.78, 5) is 10.9. The summed E-state index contributed by atoms with van der Waals surface area (Å²) in [5.74, 6) is -1.51. The first-order chi connectivity index (χ1) is 7.74. The number of halogens is 1. The molecular weight excluding hydrogens is 330 g/mol. The highest BCUT2D eigenvalue weighted by atomic mass is 79.9. The van der Waals surface area contributed by atoms with Gasteiger partial charge in [-0.3, -0.25) is 4.79 Å². The first-order valence-corrected chi connectivity index (χ1v) is 7.84. The molecule has 0 fully saturated rings. The van der Waals surface area contributed by atoms with Crippen LogP contribution in [-0.2, 0) is 14.8 Å². The van der Waals surface area contributed by atoms with Gasteiger partial charge in [0.2, 0.25) is 0 Å². The number of carboxylic acid groups (broad SMARTS) is 1. The molecule has 0 spiro atoms. The van der Waals surface area contributed by atoms with Gasteiger partial charge in [0.05, 0.1) is 3.79 Å². The van der Waals surface area contributed by atoms with Crippen molar-refractivity contribution in [3.63, 3.8) is 0 Å². The average molecular weight is 342 g/mol. The third-order valence-corrected chi connectivity index (χ3v) is 5.58. The van der Waals surface area contributed by atoms with E-state index in [0.717, 1.165) is 11.3 Å². The van der Waals surface area contributed by atoms with Gasteiger partial charge < -0.3 is 5.11 Å². The zero-order chi connectivity index (χ0) is 13.2. The van der Waals surface area contributed by atoms with Crippen molar-refractivity contribution in [3.8, 4) is 0 Å². The van der Waals surface area contributed by atoms with Crippen LogP contribution < -0.4 is 4.72 Å². The minimum atomic E-state index is -3.77. The van der Waals surface area contributed by atoms with Gasteiger partial charge >= 0.3 is 5.97 Å². The summed E-state index contributed by atoms with van der Waals surface area (Å²) in [5.41, 5.74) is 0. The lowest BCUT2D eigenvalue weighted by Gasteiger charge is -2.17. The van der Waals surface area contributed by atoms with Crippen LogP contribution in [0.4, 0.5) is 0 Å². The number of hydrogen-bond donors (Lipinski definition) is 2. The van der Waals surface area contributed by atoms with Crippen LogP contribution in [0.1, 0.15) is 13.8 Å². The maximum atomic E-state index is 11.9. The fourth-order valence-corrected chi connectivity index (χ4v) is 4.50. The Hall–Kier alpha value is -0.440. The van der Waals surface area contributed by atoms with Gasteiger partial charge in [-0.15, -0.1) is 11.3 Å². The first-order valence-electron chi connectivity index (χ1n) is 4.74. The second-order valence-corrected chi connectivity index (χ2v) is 8.14. The molecule has 8 heteroatoms. The molecule has 1 rings (SSSR count). The molecular formula is C9H12BrNO4S2. The molecule has 1 atom stereocenters. The summed E-state index contributed by atoms with van der Waals surface area (Å²) in [6.07, 6.45) is 0. The minimum Gasteiger partial charge on any atom is -0.480 e. The van der Waals surface area contributed by atoms with E-state index in [0.29, 0.717) is 3.79 Å². The van der Waals surface area contributed by atoms with E-state index >= 15 is 0 Å². The van der Waals surface area contributed by atoms with Crippen molar-refractivity contribution in [3.05, 3.63) is 15.9 Å². The topological polar surface area (TPSA) is 83.5 Å². The Kier molecular flexibility index (Phi) is 4.70. The van der Waals surface area contributed by atoms with Crippen LogP contribution in [0.2, 0.25) is 0 Å². The summed E-state index contributed by atoms with van der Waals surface area (Å²) in [5, 5.41) is 8.93. The van der Waals surface area contributed by atoms with Gasteiger partial charge in [0.25, 0.3) is 10.0 Å². The van der Waals surface area contributed by atoms with E-state index < -0.39 is 22.0 Å². The maximum absolute atomic E-state index is 11.9. The number of rotatable bonds is 5. The van der Waals surface area contributed by atoms with E-state index in [1.165, 1.54) is 6.07 Å². The molecule has 1 aromatic rings. The lowest BCUT2D eigenvalue weighted by Crippen LogP contribution is -2.43. The summed E-state index contributed by atoms with van der Waals surface area (Å²) >= 11 is 4.19. The van der Waals surface area contributed by atoms with Gasteiger partial charge in [-0.05, 0) is 34.0 Å². The van der Waals surface area contributed by atoms with Crippen molar-refractivity contribution in [2.45, 2.75) is 24.1 Å². The van der Waals surface area contributed by atoms with Crippen LogP contribution >= 0.6 is 27.3 Å². The van der Waals surface area contributed by atoms with Gasteiger partial charge in [-0.2, -0.15) is 4.72 Å². The van der Waals surface area contributed by atoms with Crippen LogP contribution in [0.25, 0.3) is 0 Å². The predicted octanol–water partition coefficient (Wildman–Crippen LogP) is 1.90. The van der Waals surface area contributed by atoms with E-state index in [2.05, 4.69) is 20.7 Å². The van der Waals surface area contributed by atoms with E-state index in [4.69, 9.17) is 5.11 Å². The molecule has 0 amide bonds. The third-order valence-electron chi connectivity index (χ3n) is 2.03. The maximum Gasteiger partial charge on any atom is 0.322 e. The van der Waals surface area contributed by atoms with Crippen LogP contribution in [0.15, 0.2) is 20.1 Å². The van der Waals surface area contributed by atoms with Gasteiger partial charge in [0.15, 0.2) is 0 Å². The third kappa shape index (κ3) is 3.77. The zero-order valence-electron chi connectivity index (χ0n) is 9.18. The summed E-state index contributed by atoms with van der Waals surface area (Å²) in [6, 6.07) is 1.90. The van der Waals surface area contributed by atoms with E-state index in [9.17, 15) is 13.2 Å². The molecule has 2 N–H and O–H groups in total. The highest BCUT2D eigenvalue weighted by Crippen LogP contribution is 2.26. The largest absolute Gasteiger partial charge is 0.480 e. The molecule has 0 aromatic carbocycles. The number of hydrogen-bond acceptors (Lipinski definition) is 4. The molecule has 0 aliphatic rings. The number of nitrogens with one attached hydrogen (secondary N) is 1. The van der Waals surface area contributed by atoms with Crippen molar-refractivity contribution in [2.24, 2.45) is 5.92 Å². The monoisotopic (exact) mass is 341 g/mol. The van der Waals surface area contributed by atoms with E-state index in [1.54, 1.807) is 19.9 Å². The van der Waals surface area contributed by atoms with Gasteiger partial charge in [-0.25, -0.2) is 8.42 Å². The SMILES string of the molecule is CC(C)[C@@H](NS(=O)(=O)c1ccc(Br)s1)C(=O)O. The fourth-order valence-electron chi connectivity index (χ4n) is 1.14. The Morgan fingerprint density at radius 3 is 2.41 bits per heavy atom.